The summed E-state index contributed by atoms with van der Waals surface area (Å²) in [6.45, 7) is 0.685. The Morgan fingerprint density at radius 3 is 2.14 bits per heavy atom. The smallest absolute Gasteiger partial charge is 0.0636 e. The van der Waals surface area contributed by atoms with Crippen LogP contribution in [0, 0.1) is 11.3 Å². The normalized spacial score (nSPS) is 29.6. The van der Waals surface area contributed by atoms with Crippen LogP contribution >= 0.6 is 0 Å². The van der Waals surface area contributed by atoms with Gasteiger partial charge in [-0.15, -0.1) is 0 Å². The van der Waals surface area contributed by atoms with Gasteiger partial charge in [0.05, 0.1) is 6.10 Å². The molecule has 0 aromatic heterocycles. The molecule has 0 aliphatic heterocycles. The number of hydrogen-bond donors (Lipinski definition) is 2. The summed E-state index contributed by atoms with van der Waals surface area (Å²) < 4.78 is 0. The summed E-state index contributed by atoms with van der Waals surface area (Å²) in [6, 6.07) is 0. The molecule has 2 aliphatic rings. The average molecular weight is 197 g/mol. The van der Waals surface area contributed by atoms with Crippen molar-refractivity contribution in [2.45, 2.75) is 57.5 Å². The van der Waals surface area contributed by atoms with Gasteiger partial charge in [0.25, 0.3) is 0 Å². The van der Waals surface area contributed by atoms with Crippen molar-refractivity contribution in [1.82, 2.24) is 0 Å². The van der Waals surface area contributed by atoms with Crippen LogP contribution in [0.1, 0.15) is 51.4 Å². The van der Waals surface area contributed by atoms with E-state index in [0.717, 1.165) is 12.8 Å². The molecule has 1 unspecified atom stereocenters. The molecule has 3 N–H and O–H groups in total. The van der Waals surface area contributed by atoms with Crippen molar-refractivity contribution < 1.29 is 5.11 Å². The molecular formula is C12H23NO. The Hall–Kier alpha value is -0.0800. The maximum atomic E-state index is 10.3. The molecule has 2 nitrogen and oxygen atoms in total. The van der Waals surface area contributed by atoms with Crippen molar-refractivity contribution in [3.63, 3.8) is 0 Å². The number of nitrogens with two attached hydrogens (primary N) is 1. The van der Waals surface area contributed by atoms with E-state index in [0.29, 0.717) is 12.5 Å². The van der Waals surface area contributed by atoms with Crippen molar-refractivity contribution in [3.8, 4) is 0 Å². The molecule has 0 aromatic carbocycles. The van der Waals surface area contributed by atoms with Crippen LogP contribution in [0.25, 0.3) is 0 Å². The topological polar surface area (TPSA) is 46.2 Å². The molecule has 14 heavy (non-hydrogen) atoms. The summed E-state index contributed by atoms with van der Waals surface area (Å²) in [5.41, 5.74) is 6.00. The second-order valence-corrected chi connectivity index (χ2v) is 5.26. The van der Waals surface area contributed by atoms with Gasteiger partial charge in [-0.25, -0.2) is 0 Å². The molecule has 0 aromatic rings. The fourth-order valence-corrected chi connectivity index (χ4v) is 2.97. The first-order chi connectivity index (χ1) is 6.78. The highest BCUT2D eigenvalue weighted by Gasteiger charge is 2.44. The Labute approximate surface area is 86.9 Å². The van der Waals surface area contributed by atoms with Crippen molar-refractivity contribution in [2.24, 2.45) is 17.1 Å². The lowest BCUT2D eigenvalue weighted by Crippen LogP contribution is -2.42. The third-order valence-corrected chi connectivity index (χ3v) is 4.20. The number of rotatable bonds is 3. The van der Waals surface area contributed by atoms with Gasteiger partial charge in [0.2, 0.25) is 0 Å². The highest BCUT2D eigenvalue weighted by atomic mass is 16.3. The lowest BCUT2D eigenvalue weighted by Gasteiger charge is -2.36. The Balaban J connectivity index is 2.04. The molecule has 2 heteroatoms. The van der Waals surface area contributed by atoms with E-state index in [1.54, 1.807) is 0 Å². The van der Waals surface area contributed by atoms with E-state index < -0.39 is 0 Å². The van der Waals surface area contributed by atoms with Crippen LogP contribution in [0.15, 0.2) is 0 Å². The van der Waals surface area contributed by atoms with Crippen molar-refractivity contribution in [3.05, 3.63) is 0 Å². The molecule has 0 heterocycles. The number of aliphatic hydroxyl groups excluding tert-OH is 1. The van der Waals surface area contributed by atoms with Gasteiger partial charge in [0.1, 0.15) is 0 Å². The molecule has 2 saturated carbocycles. The van der Waals surface area contributed by atoms with Gasteiger partial charge >= 0.3 is 0 Å². The van der Waals surface area contributed by atoms with Crippen LogP contribution in [-0.2, 0) is 0 Å². The summed E-state index contributed by atoms with van der Waals surface area (Å²) in [6.07, 6.45) is 9.85. The quantitative estimate of drug-likeness (QED) is 0.680. The Morgan fingerprint density at radius 1 is 1.14 bits per heavy atom. The van der Waals surface area contributed by atoms with E-state index in [-0.39, 0.29) is 11.5 Å². The molecule has 0 radical (unpaired) electrons. The lowest BCUT2D eigenvalue weighted by molar-refractivity contribution is 0.00218. The summed E-state index contributed by atoms with van der Waals surface area (Å²) in [5.74, 6) is 0.580. The van der Waals surface area contributed by atoms with Crippen LogP contribution in [0.2, 0.25) is 0 Å². The molecule has 2 fully saturated rings. The van der Waals surface area contributed by atoms with E-state index in [1.165, 1.54) is 38.5 Å². The summed E-state index contributed by atoms with van der Waals surface area (Å²) in [5, 5.41) is 10.3. The van der Waals surface area contributed by atoms with E-state index >= 15 is 0 Å². The minimum absolute atomic E-state index is 0.0810. The third-order valence-electron chi connectivity index (χ3n) is 4.20. The van der Waals surface area contributed by atoms with E-state index in [9.17, 15) is 5.11 Å². The summed E-state index contributed by atoms with van der Waals surface area (Å²) in [7, 11) is 0. The first kappa shape index (κ1) is 10.4. The minimum atomic E-state index is -0.106. The predicted molar refractivity (Wildman–Crippen MR) is 57.9 cm³/mol. The molecule has 0 saturated heterocycles. The van der Waals surface area contributed by atoms with Gasteiger partial charge in [-0.05, 0) is 31.6 Å². The molecule has 2 rings (SSSR count). The Kier molecular flexibility index (Phi) is 3.13. The maximum Gasteiger partial charge on any atom is 0.0636 e. The molecule has 82 valence electrons. The van der Waals surface area contributed by atoms with Crippen LogP contribution in [-0.4, -0.2) is 17.8 Å². The second-order valence-electron chi connectivity index (χ2n) is 5.26. The average Bonchev–Trinajstić information content (AvgIpc) is 3.04. The van der Waals surface area contributed by atoms with Gasteiger partial charge < -0.3 is 10.8 Å². The fraction of sp³-hybridized carbons (Fsp3) is 1.00. The SMILES string of the molecule is NCC1(C(O)C2CC2)CCCCCC1. The van der Waals surface area contributed by atoms with E-state index in [4.69, 9.17) is 5.73 Å². The molecule has 2 aliphatic carbocycles. The maximum absolute atomic E-state index is 10.3. The monoisotopic (exact) mass is 197 g/mol. The highest BCUT2D eigenvalue weighted by Crippen LogP contribution is 2.46. The van der Waals surface area contributed by atoms with E-state index in [1.807, 2.05) is 0 Å². The number of aliphatic hydroxyl groups is 1. The van der Waals surface area contributed by atoms with Crippen molar-refractivity contribution in [2.75, 3.05) is 6.54 Å². The predicted octanol–water partition coefficient (Wildman–Crippen LogP) is 2.06. The number of hydrogen-bond acceptors (Lipinski definition) is 2. The Morgan fingerprint density at radius 2 is 1.71 bits per heavy atom. The zero-order chi connectivity index (χ0) is 10.0. The highest BCUT2D eigenvalue weighted by molar-refractivity contribution is 4.96. The van der Waals surface area contributed by atoms with Gasteiger partial charge in [0.15, 0.2) is 0 Å². The first-order valence-corrected chi connectivity index (χ1v) is 6.17. The molecule has 1 atom stereocenters. The van der Waals surface area contributed by atoms with E-state index in [2.05, 4.69) is 0 Å². The molecular weight excluding hydrogens is 174 g/mol. The second kappa shape index (κ2) is 4.19. The zero-order valence-corrected chi connectivity index (χ0v) is 9.04. The molecule has 0 spiro atoms. The van der Waals surface area contributed by atoms with Crippen LogP contribution < -0.4 is 5.73 Å². The van der Waals surface area contributed by atoms with Crippen LogP contribution in [0.3, 0.4) is 0 Å². The third kappa shape index (κ3) is 1.96. The van der Waals surface area contributed by atoms with Crippen LogP contribution in [0.5, 0.6) is 0 Å². The van der Waals surface area contributed by atoms with Crippen molar-refractivity contribution >= 4 is 0 Å². The molecule has 0 amide bonds. The molecule has 0 bridgehead atoms. The van der Waals surface area contributed by atoms with Crippen LogP contribution in [0.4, 0.5) is 0 Å². The lowest BCUT2D eigenvalue weighted by atomic mass is 9.73. The Bertz CT molecular complexity index is 181. The summed E-state index contributed by atoms with van der Waals surface area (Å²) in [4.78, 5) is 0. The largest absolute Gasteiger partial charge is 0.392 e. The zero-order valence-electron chi connectivity index (χ0n) is 9.04. The van der Waals surface area contributed by atoms with Gasteiger partial charge in [-0.1, -0.05) is 25.7 Å². The minimum Gasteiger partial charge on any atom is -0.392 e. The van der Waals surface area contributed by atoms with Gasteiger partial charge in [-0.3, -0.25) is 0 Å². The van der Waals surface area contributed by atoms with Crippen molar-refractivity contribution in [1.29, 1.82) is 0 Å². The fourth-order valence-electron chi connectivity index (χ4n) is 2.97. The first-order valence-electron chi connectivity index (χ1n) is 6.17. The summed E-state index contributed by atoms with van der Waals surface area (Å²) >= 11 is 0. The van der Waals surface area contributed by atoms with Gasteiger partial charge in [0, 0.05) is 12.0 Å². The van der Waals surface area contributed by atoms with Gasteiger partial charge in [-0.2, -0.15) is 0 Å². The standard InChI is InChI=1S/C12H23NO/c13-9-12(11(14)10-5-6-10)7-3-1-2-4-8-12/h10-11,14H,1-9,13H2.